The molecule has 0 amide bonds. The van der Waals surface area contributed by atoms with E-state index in [-0.39, 0.29) is 0 Å². The van der Waals surface area contributed by atoms with Crippen molar-refractivity contribution in [1.29, 1.82) is 0 Å². The van der Waals surface area contributed by atoms with Gasteiger partial charge in [-0.3, -0.25) is 0 Å². The van der Waals surface area contributed by atoms with Crippen molar-refractivity contribution in [2.45, 2.75) is 0 Å². The van der Waals surface area contributed by atoms with Gasteiger partial charge in [-0.25, -0.2) is 15.0 Å². The van der Waals surface area contributed by atoms with Crippen LogP contribution in [-0.2, 0) is 0 Å². The standard InChI is InChI=1S/C53H31N3O2/c1-3-12-34(13-4-1)51-41-27-29-48-50(49(41)39-17-7-9-20-43(39)54-51)42-30-36(26-28-47(42)57-48)32-22-24-33(25-23-32)44-31-45(56-53(55-44)35-14-5-2-6-15-35)40-19-11-18-38-37-16-8-10-21-46(37)58-52(38)40/h1-31H. The van der Waals surface area contributed by atoms with Gasteiger partial charge in [-0.05, 0) is 59.7 Å². The smallest absolute Gasteiger partial charge is 0.160 e. The van der Waals surface area contributed by atoms with E-state index in [4.69, 9.17) is 23.8 Å². The lowest BCUT2D eigenvalue weighted by Gasteiger charge is -2.11. The van der Waals surface area contributed by atoms with Gasteiger partial charge in [0.25, 0.3) is 0 Å². The molecule has 0 atom stereocenters. The Morgan fingerprint density at radius 2 is 0.983 bits per heavy atom. The second-order valence-electron chi connectivity index (χ2n) is 14.7. The summed E-state index contributed by atoms with van der Waals surface area (Å²) in [5.74, 6) is 0.660. The third-order valence-electron chi connectivity index (χ3n) is 11.3. The van der Waals surface area contributed by atoms with Gasteiger partial charge in [0.1, 0.15) is 22.3 Å². The summed E-state index contributed by atoms with van der Waals surface area (Å²) in [7, 11) is 0. The van der Waals surface area contributed by atoms with Gasteiger partial charge in [0.15, 0.2) is 5.82 Å². The molecule has 0 bridgehead atoms. The fourth-order valence-corrected chi connectivity index (χ4v) is 8.54. The highest BCUT2D eigenvalue weighted by Gasteiger charge is 2.19. The van der Waals surface area contributed by atoms with Gasteiger partial charge in [-0.2, -0.15) is 0 Å². The summed E-state index contributed by atoms with van der Waals surface area (Å²) in [4.78, 5) is 15.4. The van der Waals surface area contributed by atoms with Crippen molar-refractivity contribution in [3.63, 3.8) is 0 Å². The molecule has 270 valence electrons. The van der Waals surface area contributed by atoms with Crippen molar-refractivity contribution in [3.8, 4) is 56.3 Å². The lowest BCUT2D eigenvalue weighted by atomic mass is 9.95. The van der Waals surface area contributed by atoms with Gasteiger partial charge >= 0.3 is 0 Å². The van der Waals surface area contributed by atoms with Gasteiger partial charge < -0.3 is 8.83 Å². The highest BCUT2D eigenvalue weighted by molar-refractivity contribution is 6.28. The van der Waals surface area contributed by atoms with Gasteiger partial charge in [0.2, 0.25) is 0 Å². The summed E-state index contributed by atoms with van der Waals surface area (Å²) < 4.78 is 13.0. The first-order valence-electron chi connectivity index (χ1n) is 19.4. The summed E-state index contributed by atoms with van der Waals surface area (Å²) in [5.41, 5.74) is 13.1. The molecule has 0 unspecified atom stereocenters. The van der Waals surface area contributed by atoms with Gasteiger partial charge in [-0.15, -0.1) is 0 Å². The molecule has 0 fully saturated rings. The minimum Gasteiger partial charge on any atom is -0.456 e. The van der Waals surface area contributed by atoms with Crippen LogP contribution in [-0.4, -0.2) is 15.0 Å². The molecule has 5 heteroatoms. The Balaban J connectivity index is 0.995. The van der Waals surface area contributed by atoms with Crippen LogP contribution in [0.3, 0.4) is 0 Å². The minimum atomic E-state index is 0.660. The lowest BCUT2D eigenvalue weighted by molar-refractivity contribution is 0.669. The second-order valence-corrected chi connectivity index (χ2v) is 14.7. The molecule has 0 aliphatic rings. The van der Waals surface area contributed by atoms with Crippen molar-refractivity contribution in [2.24, 2.45) is 0 Å². The summed E-state index contributed by atoms with van der Waals surface area (Å²) in [6.07, 6.45) is 0. The van der Waals surface area contributed by atoms with Crippen LogP contribution in [0.25, 0.3) is 122 Å². The molecular weight excluding hydrogens is 711 g/mol. The zero-order valence-electron chi connectivity index (χ0n) is 31.1. The van der Waals surface area contributed by atoms with Crippen molar-refractivity contribution < 1.29 is 8.83 Å². The monoisotopic (exact) mass is 741 g/mol. The topological polar surface area (TPSA) is 65.0 Å². The van der Waals surface area contributed by atoms with Crippen LogP contribution in [0, 0.1) is 0 Å². The van der Waals surface area contributed by atoms with Crippen molar-refractivity contribution >= 4 is 65.6 Å². The normalized spacial score (nSPS) is 11.8. The number of para-hydroxylation sites is 3. The molecule has 5 nitrogen and oxygen atoms in total. The third kappa shape index (κ3) is 5.14. The quantitative estimate of drug-likeness (QED) is 0.164. The number of nitrogens with zero attached hydrogens (tertiary/aromatic N) is 3. The molecule has 12 rings (SSSR count). The molecule has 0 radical (unpaired) electrons. The molecule has 12 aromatic rings. The molecule has 4 heterocycles. The van der Waals surface area contributed by atoms with Crippen LogP contribution in [0.4, 0.5) is 0 Å². The first-order valence-corrected chi connectivity index (χ1v) is 19.4. The maximum atomic E-state index is 6.52. The molecule has 0 aliphatic heterocycles. The molecule has 0 N–H and O–H groups in total. The summed E-state index contributed by atoms with van der Waals surface area (Å²) in [6.45, 7) is 0. The highest BCUT2D eigenvalue weighted by atomic mass is 16.3. The number of furan rings is 2. The first kappa shape index (κ1) is 32.4. The molecule has 0 spiro atoms. The average Bonchev–Trinajstić information content (AvgIpc) is 3.87. The Kier molecular flexibility index (Phi) is 7.16. The Bertz CT molecular complexity index is 3550. The molecule has 0 saturated heterocycles. The number of benzene rings is 8. The number of aromatic nitrogens is 3. The van der Waals surface area contributed by atoms with E-state index in [0.29, 0.717) is 5.82 Å². The van der Waals surface area contributed by atoms with Crippen LogP contribution in [0.1, 0.15) is 0 Å². The Labute approximate surface area is 332 Å². The summed E-state index contributed by atoms with van der Waals surface area (Å²) in [6, 6.07) is 64.8. The van der Waals surface area contributed by atoms with E-state index >= 15 is 0 Å². The zero-order chi connectivity index (χ0) is 38.2. The van der Waals surface area contributed by atoms with E-state index in [2.05, 4.69) is 146 Å². The van der Waals surface area contributed by atoms with Crippen LogP contribution >= 0.6 is 0 Å². The Morgan fingerprint density at radius 1 is 0.328 bits per heavy atom. The number of rotatable bonds is 5. The molecule has 58 heavy (non-hydrogen) atoms. The van der Waals surface area contributed by atoms with Gasteiger partial charge in [0, 0.05) is 60.0 Å². The van der Waals surface area contributed by atoms with Crippen molar-refractivity contribution in [3.05, 3.63) is 188 Å². The second kappa shape index (κ2) is 12.8. The molecule has 0 aliphatic carbocycles. The van der Waals surface area contributed by atoms with Gasteiger partial charge in [-0.1, -0.05) is 140 Å². The number of hydrogen-bond acceptors (Lipinski definition) is 5. The first-order chi connectivity index (χ1) is 28.7. The molecular formula is C53H31N3O2. The van der Waals surface area contributed by atoms with Crippen LogP contribution in [0.5, 0.6) is 0 Å². The average molecular weight is 742 g/mol. The largest absolute Gasteiger partial charge is 0.456 e. The predicted octanol–water partition coefficient (Wildman–Crippen LogP) is 14.3. The van der Waals surface area contributed by atoms with Crippen LogP contribution in [0.15, 0.2) is 197 Å². The highest BCUT2D eigenvalue weighted by Crippen LogP contribution is 2.43. The maximum Gasteiger partial charge on any atom is 0.160 e. The minimum absolute atomic E-state index is 0.660. The third-order valence-corrected chi connectivity index (χ3v) is 11.3. The van der Waals surface area contributed by atoms with Crippen molar-refractivity contribution in [1.82, 2.24) is 15.0 Å². The zero-order valence-corrected chi connectivity index (χ0v) is 31.1. The molecule has 0 saturated carbocycles. The fraction of sp³-hybridized carbons (Fsp3) is 0. The lowest BCUT2D eigenvalue weighted by Crippen LogP contribution is -1.96. The Hall–Kier alpha value is -7.89. The predicted molar refractivity (Wildman–Crippen MR) is 237 cm³/mol. The van der Waals surface area contributed by atoms with E-state index < -0.39 is 0 Å². The molecule has 4 aromatic heterocycles. The number of pyridine rings is 1. The van der Waals surface area contributed by atoms with Crippen LogP contribution in [0.2, 0.25) is 0 Å². The number of fused-ring (bicyclic) bond motifs is 10. The molecule has 8 aromatic carbocycles. The Morgan fingerprint density at radius 3 is 1.83 bits per heavy atom. The summed E-state index contributed by atoms with van der Waals surface area (Å²) >= 11 is 0. The van der Waals surface area contributed by atoms with E-state index in [1.165, 1.54) is 0 Å². The van der Waals surface area contributed by atoms with Gasteiger partial charge in [0.05, 0.1) is 22.6 Å². The SMILES string of the molecule is c1ccc(-c2nc(-c3ccc(-c4ccc5oc6ccc7c(-c8ccccc8)nc8ccccc8c7c6c5c4)cc3)cc(-c3cccc4c3oc3ccccc34)n2)cc1. The maximum absolute atomic E-state index is 6.52. The van der Waals surface area contributed by atoms with E-state index in [1.54, 1.807) is 0 Å². The number of hydrogen-bond donors (Lipinski definition) is 0. The van der Waals surface area contributed by atoms with E-state index in [9.17, 15) is 0 Å². The van der Waals surface area contributed by atoms with E-state index in [1.807, 2.05) is 42.5 Å². The fourth-order valence-electron chi connectivity index (χ4n) is 8.54. The van der Waals surface area contributed by atoms with Crippen molar-refractivity contribution in [2.75, 3.05) is 0 Å². The summed E-state index contributed by atoms with van der Waals surface area (Å²) in [5, 5.41) is 7.69. The van der Waals surface area contributed by atoms with E-state index in [0.717, 1.165) is 116 Å². The van der Waals surface area contributed by atoms with Crippen LogP contribution < -0.4 is 0 Å².